The first-order chi connectivity index (χ1) is 11.7. The lowest BCUT2D eigenvalue weighted by molar-refractivity contribution is -0.316. The smallest absolute Gasteiger partial charge is 0.110 e. The van der Waals surface area contributed by atoms with Gasteiger partial charge in [0, 0.05) is 18.8 Å². The number of benzene rings is 1. The molecule has 7 heteroatoms. The van der Waals surface area contributed by atoms with Gasteiger partial charge in [0.2, 0.25) is 0 Å². The Labute approximate surface area is 143 Å². The zero-order chi connectivity index (χ0) is 17.6. The van der Waals surface area contributed by atoms with Crippen molar-refractivity contribution in [1.82, 2.24) is 0 Å². The number of hydrogen-bond donors (Lipinski definition) is 4. The first kappa shape index (κ1) is 20.8. The molecule has 2 rings (SSSR count). The van der Waals surface area contributed by atoms with Gasteiger partial charge in [0.05, 0.1) is 13.2 Å². The van der Waals surface area contributed by atoms with E-state index < -0.39 is 25.4 Å². The summed E-state index contributed by atoms with van der Waals surface area (Å²) in [5.74, 6) is 0. The van der Waals surface area contributed by atoms with E-state index in [4.69, 9.17) is 20.4 Å². The monoisotopic (exact) mass is 343 g/mol. The van der Waals surface area contributed by atoms with E-state index in [1.165, 1.54) is 38.0 Å². The number of anilines is 1. The second-order valence-corrected chi connectivity index (χ2v) is 5.63. The zero-order valence-electron chi connectivity index (χ0n) is 14.0. The van der Waals surface area contributed by atoms with Crippen LogP contribution in [0.5, 0.6) is 0 Å². The van der Waals surface area contributed by atoms with Gasteiger partial charge in [0.1, 0.15) is 25.4 Å². The predicted molar refractivity (Wildman–Crippen MR) is 90.6 cm³/mol. The maximum absolute atomic E-state index is 8.71. The molecule has 138 valence electrons. The molecule has 0 spiro atoms. The van der Waals surface area contributed by atoms with Crippen molar-refractivity contribution >= 4 is 5.69 Å². The summed E-state index contributed by atoms with van der Waals surface area (Å²) in [6, 6.07) is 10.7. The van der Waals surface area contributed by atoms with Gasteiger partial charge in [-0.25, -0.2) is 9.78 Å². The predicted octanol–water partition coefficient (Wildman–Crippen LogP) is 0.318. The summed E-state index contributed by atoms with van der Waals surface area (Å²) in [6.45, 7) is 1.31. The van der Waals surface area contributed by atoms with Crippen LogP contribution in [0.3, 0.4) is 0 Å². The fourth-order valence-corrected chi connectivity index (χ4v) is 2.15. The second kappa shape index (κ2) is 13.1. The first-order valence-corrected chi connectivity index (χ1v) is 8.29. The summed E-state index contributed by atoms with van der Waals surface area (Å²) in [7, 11) is 0. The van der Waals surface area contributed by atoms with Crippen LogP contribution < -0.4 is 4.90 Å². The van der Waals surface area contributed by atoms with Gasteiger partial charge in [-0.2, -0.15) is 0 Å². The van der Waals surface area contributed by atoms with E-state index in [1.807, 2.05) is 0 Å². The molecule has 1 heterocycles. The second-order valence-electron chi connectivity index (χ2n) is 5.63. The molecule has 1 fully saturated rings. The molecule has 0 radical (unpaired) electrons. The normalized spacial score (nSPS) is 16.9. The molecule has 0 amide bonds. The average molecular weight is 343 g/mol. The topological polar surface area (TPSA) is 103 Å². The Morgan fingerprint density at radius 3 is 1.79 bits per heavy atom. The maximum atomic E-state index is 8.71. The van der Waals surface area contributed by atoms with Crippen molar-refractivity contribution in [2.75, 3.05) is 44.4 Å². The number of aliphatic hydroxyl groups is 4. The largest absolute Gasteiger partial charge is 0.394 e. The molecule has 1 aromatic rings. The third kappa shape index (κ3) is 9.17. The quantitative estimate of drug-likeness (QED) is 0.306. The molecule has 1 aliphatic rings. The third-order valence-electron chi connectivity index (χ3n) is 3.50. The Morgan fingerprint density at radius 2 is 1.33 bits per heavy atom. The van der Waals surface area contributed by atoms with Gasteiger partial charge in [-0.3, -0.25) is 0 Å². The van der Waals surface area contributed by atoms with E-state index in [2.05, 4.69) is 45.0 Å². The van der Waals surface area contributed by atoms with Crippen molar-refractivity contribution < 1.29 is 30.2 Å². The van der Waals surface area contributed by atoms with Crippen molar-refractivity contribution in [3.63, 3.8) is 0 Å². The van der Waals surface area contributed by atoms with Crippen LogP contribution in [0.4, 0.5) is 5.69 Å². The van der Waals surface area contributed by atoms with E-state index >= 15 is 0 Å². The van der Waals surface area contributed by atoms with Gasteiger partial charge in [0.25, 0.3) is 0 Å². The van der Waals surface area contributed by atoms with E-state index in [1.54, 1.807) is 0 Å². The number of nitrogens with zero attached hydrogens (tertiary/aromatic N) is 1. The van der Waals surface area contributed by atoms with Gasteiger partial charge in [-0.05, 0) is 31.4 Å². The van der Waals surface area contributed by atoms with E-state index in [9.17, 15) is 0 Å². The molecule has 0 aromatic heterocycles. The fraction of sp³-hybridized carbons (Fsp3) is 0.647. The van der Waals surface area contributed by atoms with Crippen LogP contribution in [-0.2, 0) is 9.78 Å². The molecular weight excluding hydrogens is 314 g/mol. The highest BCUT2D eigenvalue weighted by atomic mass is 17.2. The van der Waals surface area contributed by atoms with Crippen molar-refractivity contribution in [1.29, 1.82) is 0 Å². The van der Waals surface area contributed by atoms with Crippen molar-refractivity contribution in [2.24, 2.45) is 0 Å². The van der Waals surface area contributed by atoms with Crippen LogP contribution in [-0.4, -0.2) is 72.2 Å². The van der Waals surface area contributed by atoms with Crippen LogP contribution in [0.25, 0.3) is 0 Å². The number of rotatable bonds is 8. The Morgan fingerprint density at radius 1 is 0.833 bits per heavy atom. The number of hydrogen-bond acceptors (Lipinski definition) is 7. The van der Waals surface area contributed by atoms with Gasteiger partial charge in [0.15, 0.2) is 0 Å². The molecule has 4 N–H and O–H groups in total. The van der Waals surface area contributed by atoms with E-state index in [0.717, 1.165) is 0 Å². The van der Waals surface area contributed by atoms with Gasteiger partial charge in [-0.15, -0.1) is 0 Å². The van der Waals surface area contributed by atoms with Gasteiger partial charge < -0.3 is 25.3 Å². The summed E-state index contributed by atoms with van der Waals surface area (Å²) < 4.78 is 0. The Bertz CT molecular complexity index is 387. The summed E-state index contributed by atoms with van der Waals surface area (Å²) in [5, 5.41) is 34.1. The lowest BCUT2D eigenvalue weighted by Gasteiger charge is -2.28. The molecule has 1 aromatic carbocycles. The highest BCUT2D eigenvalue weighted by molar-refractivity contribution is 5.46. The van der Waals surface area contributed by atoms with Crippen LogP contribution in [0.1, 0.15) is 19.3 Å². The van der Waals surface area contributed by atoms with Gasteiger partial charge in [-0.1, -0.05) is 18.2 Å². The summed E-state index contributed by atoms with van der Waals surface area (Å²) in [6.07, 6.45) is 2.14. The number of piperidine rings is 1. The zero-order valence-corrected chi connectivity index (χ0v) is 14.0. The summed E-state index contributed by atoms with van der Waals surface area (Å²) in [4.78, 5) is 11.2. The molecular formula is C17H29NO6. The Hall–Kier alpha value is -1.22. The maximum Gasteiger partial charge on any atom is 0.110 e. The molecule has 0 bridgehead atoms. The molecule has 0 aliphatic carbocycles. The SMILES string of the molecule is OCC(O)COOCC(O)CO.c1ccc(N2CCCCC2)cc1. The molecule has 7 nitrogen and oxygen atoms in total. The van der Waals surface area contributed by atoms with E-state index in [0.29, 0.717) is 0 Å². The molecule has 1 saturated heterocycles. The van der Waals surface area contributed by atoms with Crippen molar-refractivity contribution in [3.05, 3.63) is 30.3 Å². The van der Waals surface area contributed by atoms with Crippen LogP contribution in [0.2, 0.25) is 0 Å². The third-order valence-corrected chi connectivity index (χ3v) is 3.50. The Kier molecular flexibility index (Phi) is 11.4. The fourth-order valence-electron chi connectivity index (χ4n) is 2.15. The number of aliphatic hydroxyl groups excluding tert-OH is 4. The minimum absolute atomic E-state index is 0.172. The summed E-state index contributed by atoms with van der Waals surface area (Å²) in [5.41, 5.74) is 1.39. The minimum Gasteiger partial charge on any atom is -0.394 e. The molecule has 24 heavy (non-hydrogen) atoms. The minimum atomic E-state index is -0.990. The Balaban J connectivity index is 0.000000240. The lowest BCUT2D eigenvalue weighted by Crippen LogP contribution is -2.29. The lowest BCUT2D eigenvalue weighted by atomic mass is 10.1. The van der Waals surface area contributed by atoms with Crippen LogP contribution in [0, 0.1) is 0 Å². The average Bonchev–Trinajstić information content (AvgIpc) is 2.66. The molecule has 2 unspecified atom stereocenters. The summed E-state index contributed by atoms with van der Waals surface area (Å²) >= 11 is 0. The van der Waals surface area contributed by atoms with Crippen molar-refractivity contribution in [3.8, 4) is 0 Å². The standard InChI is InChI=1S/C11H15N.C6H14O6/c1-3-7-11(8-4-1)12-9-5-2-6-10-12;7-1-5(9)3-11-12-4-6(10)2-8/h1,3-4,7-8H,2,5-6,9-10H2;5-10H,1-4H2. The van der Waals surface area contributed by atoms with Crippen molar-refractivity contribution in [2.45, 2.75) is 31.5 Å². The van der Waals surface area contributed by atoms with E-state index in [-0.39, 0.29) is 13.2 Å². The van der Waals surface area contributed by atoms with Crippen LogP contribution in [0.15, 0.2) is 30.3 Å². The highest BCUT2D eigenvalue weighted by Gasteiger charge is 2.09. The first-order valence-electron chi connectivity index (χ1n) is 8.29. The highest BCUT2D eigenvalue weighted by Crippen LogP contribution is 2.18. The molecule has 2 atom stereocenters. The van der Waals surface area contributed by atoms with Crippen LogP contribution >= 0.6 is 0 Å². The number of para-hydroxylation sites is 1. The molecule has 1 aliphatic heterocycles. The molecule has 0 saturated carbocycles. The van der Waals surface area contributed by atoms with Gasteiger partial charge >= 0.3 is 0 Å².